The lowest BCUT2D eigenvalue weighted by Crippen LogP contribution is -2.18. The Labute approximate surface area is 368 Å². The van der Waals surface area contributed by atoms with Gasteiger partial charge in [-0.3, -0.25) is 24.0 Å². The Morgan fingerprint density at radius 2 is 1.03 bits per heavy atom. The van der Waals surface area contributed by atoms with Crippen LogP contribution in [0.3, 0.4) is 0 Å². The zero-order valence-electron chi connectivity index (χ0n) is 34.4. The molecule has 0 unspecified atom stereocenters. The number of aliphatic carboxylic acids is 1. The molecule has 0 heterocycles. The predicted octanol–water partition coefficient (Wildman–Crippen LogP) is 12.6. The fourth-order valence-electron chi connectivity index (χ4n) is 6.34. The summed E-state index contributed by atoms with van der Waals surface area (Å²) in [5.74, 6) is -3.62. The van der Waals surface area contributed by atoms with Gasteiger partial charge in [0.05, 0.1) is 22.9 Å². The molecule has 0 aliphatic heterocycles. The van der Waals surface area contributed by atoms with Crippen LogP contribution in [0.2, 0.25) is 0 Å². The van der Waals surface area contributed by atoms with Gasteiger partial charge in [-0.05, 0) is 51.4 Å². The van der Waals surface area contributed by atoms with Gasteiger partial charge < -0.3 is 14.6 Å². The smallest absolute Gasteiger partial charge is 0.392 e. The number of ether oxygens (including phenoxy) is 2. The molecule has 2 rings (SSSR count). The molecule has 0 fully saturated rings. The average Bonchev–Trinajstić information content (AvgIpc) is 3.61. The fraction of sp³-hybridized carbons (Fsp3) is 0.500. The van der Waals surface area contributed by atoms with E-state index in [4.69, 9.17) is 37.8 Å². The molecule has 0 saturated heterocycles. The van der Waals surface area contributed by atoms with Gasteiger partial charge in [0.15, 0.2) is 11.6 Å². The largest absolute Gasteiger partial charge is 0.481 e. The minimum Gasteiger partial charge on any atom is -0.481 e. The van der Waals surface area contributed by atoms with Crippen LogP contribution in [0.25, 0.3) is 0 Å². The van der Waals surface area contributed by atoms with Gasteiger partial charge in [0, 0.05) is 67.9 Å². The van der Waals surface area contributed by atoms with E-state index < -0.39 is 72.8 Å². The Morgan fingerprint density at radius 1 is 0.629 bits per heavy atom. The molecule has 0 bridgehead atoms. The lowest BCUT2D eigenvalue weighted by atomic mass is 9.96. The van der Waals surface area contributed by atoms with E-state index in [2.05, 4.69) is 6.58 Å². The van der Waals surface area contributed by atoms with E-state index in [1.807, 2.05) is 12.2 Å². The molecule has 8 nitrogen and oxygen atoms in total. The number of hydrogen-bond donors (Lipinski definition) is 1. The maximum absolute atomic E-state index is 12.9. The number of esters is 2. The zero-order chi connectivity index (χ0) is 46.1. The summed E-state index contributed by atoms with van der Waals surface area (Å²) in [4.78, 5) is 61.7. The molecule has 16 heteroatoms. The van der Waals surface area contributed by atoms with Gasteiger partial charge in [-0.25, -0.2) is 0 Å². The van der Waals surface area contributed by atoms with E-state index in [1.165, 1.54) is 12.2 Å². The number of halogens is 8. The molecular formula is C46H54Cl2F6O8. The highest BCUT2D eigenvalue weighted by Crippen LogP contribution is 2.34. The number of carbonyl (C=O) groups excluding carboxylic acids is 4. The Bertz CT molecular complexity index is 1780. The second-order valence-electron chi connectivity index (χ2n) is 14.7. The highest BCUT2D eigenvalue weighted by molar-refractivity contribution is 6.46. The summed E-state index contributed by atoms with van der Waals surface area (Å²) in [6.45, 7) is 3.60. The number of rotatable bonds is 28. The van der Waals surface area contributed by atoms with E-state index in [0.717, 1.165) is 12.2 Å². The zero-order valence-corrected chi connectivity index (χ0v) is 35.9. The third-order valence-corrected chi connectivity index (χ3v) is 10.1. The van der Waals surface area contributed by atoms with Crippen LogP contribution in [-0.4, -0.2) is 59.1 Å². The van der Waals surface area contributed by atoms with Crippen LogP contribution in [0, 0.1) is 11.8 Å². The van der Waals surface area contributed by atoms with Crippen molar-refractivity contribution >= 4 is 52.7 Å². The minimum absolute atomic E-state index is 0.00683. The van der Waals surface area contributed by atoms with Crippen LogP contribution in [0.5, 0.6) is 0 Å². The molecule has 0 aromatic rings. The topological polar surface area (TPSA) is 124 Å². The maximum Gasteiger partial charge on any atom is 0.392 e. The summed E-state index contributed by atoms with van der Waals surface area (Å²) in [6, 6.07) is 0. The van der Waals surface area contributed by atoms with Gasteiger partial charge in [0.2, 0.25) is 0 Å². The van der Waals surface area contributed by atoms with E-state index in [-0.39, 0.29) is 60.9 Å². The number of allylic oxidation sites excluding steroid dienone is 13. The van der Waals surface area contributed by atoms with E-state index in [9.17, 15) is 50.3 Å². The highest BCUT2D eigenvalue weighted by atomic mass is 35.5. The van der Waals surface area contributed by atoms with E-state index in [1.54, 1.807) is 42.5 Å². The van der Waals surface area contributed by atoms with E-state index in [0.29, 0.717) is 62.5 Å². The highest BCUT2D eigenvalue weighted by Gasteiger charge is 2.30. The quantitative estimate of drug-likeness (QED) is 0.0270. The molecule has 0 spiro atoms. The summed E-state index contributed by atoms with van der Waals surface area (Å²) in [5, 5.41) is 8.83. The van der Waals surface area contributed by atoms with Crippen molar-refractivity contribution in [1.82, 2.24) is 0 Å². The van der Waals surface area contributed by atoms with Crippen molar-refractivity contribution in [3.63, 3.8) is 0 Å². The standard InChI is InChI=1S/C46H54Cl2F6O8/c1-2-3-8-22-41(57)61-34(19-13-15-28-45(49,50)51)24-26-37-33(31-39(48)44(37)60)18-10-5-7-12-23-42(58)62-35(20-14-16-29-46(52,53)54)25-27-36-32(30-38(47)43(36)59)17-9-4-6-11-21-40(55)56/h2,4-5,9-10,13-16,26-27,30-35H,1,3,6-8,11-12,17-25,28-29H2,(H,55,56)/b9-4-,10-5-,15-13-,16-14-,36-27+,37-26+/t32-,33-,34-,35-/m0/s1. The summed E-state index contributed by atoms with van der Waals surface area (Å²) in [6.07, 6.45) is 10.8. The van der Waals surface area contributed by atoms with Crippen LogP contribution in [0.1, 0.15) is 109 Å². The Kier molecular flexibility index (Phi) is 24.5. The van der Waals surface area contributed by atoms with Crippen molar-refractivity contribution in [3.05, 3.63) is 107 Å². The number of alkyl halides is 6. The van der Waals surface area contributed by atoms with Crippen molar-refractivity contribution in [2.75, 3.05) is 0 Å². The van der Waals surface area contributed by atoms with Gasteiger partial charge in [0.1, 0.15) is 12.2 Å². The van der Waals surface area contributed by atoms with Crippen molar-refractivity contribution in [3.8, 4) is 0 Å². The van der Waals surface area contributed by atoms with Gasteiger partial charge >= 0.3 is 30.3 Å². The van der Waals surface area contributed by atoms with Crippen LogP contribution >= 0.6 is 23.2 Å². The molecular weight excluding hydrogens is 865 g/mol. The molecule has 2 aliphatic carbocycles. The maximum atomic E-state index is 12.9. The number of hydrogen-bond acceptors (Lipinski definition) is 7. The first-order valence-corrected chi connectivity index (χ1v) is 21.2. The molecule has 0 saturated carbocycles. The summed E-state index contributed by atoms with van der Waals surface area (Å²) >= 11 is 12.3. The number of carbonyl (C=O) groups is 5. The molecule has 2 aliphatic rings. The lowest BCUT2D eigenvalue weighted by molar-refractivity contribution is -0.149. The molecule has 62 heavy (non-hydrogen) atoms. The summed E-state index contributed by atoms with van der Waals surface area (Å²) < 4.78 is 87.3. The van der Waals surface area contributed by atoms with Crippen molar-refractivity contribution in [2.45, 2.75) is 134 Å². The molecule has 0 aromatic carbocycles. The van der Waals surface area contributed by atoms with Gasteiger partial charge in [-0.2, -0.15) is 26.3 Å². The minimum atomic E-state index is -4.41. The SMILES string of the molecule is C=CCCCC(=O)O[C@@H](C/C=C\CC(F)(F)F)C/C=C1/C(=O)C(Cl)=C[C@@H]1C/C=C\CCCC(=O)O[C@@H](C/C=C\CC(F)(F)F)C/C=C1/C(=O)C(Cl)=C[C@@H]1C/C=C\CCCC(=O)O. The number of Topliss-reactive ketones (excluding diaryl/α,β-unsaturated/α-hetero) is 2. The second-order valence-corrected chi connectivity index (χ2v) is 15.6. The molecule has 0 amide bonds. The number of carboxylic acids is 1. The third kappa shape index (κ3) is 23.1. The van der Waals surface area contributed by atoms with Gasteiger partial charge in [-0.15, -0.1) is 6.58 Å². The Morgan fingerprint density at radius 3 is 1.42 bits per heavy atom. The van der Waals surface area contributed by atoms with Crippen LogP contribution in [-0.2, 0) is 33.4 Å². The monoisotopic (exact) mass is 918 g/mol. The van der Waals surface area contributed by atoms with Gasteiger partial charge in [0.25, 0.3) is 0 Å². The van der Waals surface area contributed by atoms with Crippen LogP contribution in [0.15, 0.2) is 107 Å². The Balaban J connectivity index is 2.02. The normalized spacial score (nSPS) is 19.7. The first kappa shape index (κ1) is 53.7. The lowest BCUT2D eigenvalue weighted by Gasteiger charge is -2.16. The van der Waals surface area contributed by atoms with Gasteiger partial charge in [-0.1, -0.05) is 102 Å². The molecule has 0 aromatic heterocycles. The molecule has 0 radical (unpaired) electrons. The van der Waals surface area contributed by atoms with E-state index >= 15 is 0 Å². The number of unbranched alkanes of at least 4 members (excludes halogenated alkanes) is 3. The molecule has 4 atom stereocenters. The molecule has 342 valence electrons. The average molecular weight is 920 g/mol. The number of ketones is 2. The first-order valence-electron chi connectivity index (χ1n) is 20.5. The van der Waals surface area contributed by atoms with Crippen molar-refractivity contribution in [2.24, 2.45) is 11.8 Å². The van der Waals surface area contributed by atoms with Crippen LogP contribution in [0.4, 0.5) is 26.3 Å². The Hall–Kier alpha value is -4.43. The first-order chi connectivity index (χ1) is 29.3. The number of carboxylic acid groups (broad SMARTS) is 1. The predicted molar refractivity (Wildman–Crippen MR) is 226 cm³/mol. The summed E-state index contributed by atoms with van der Waals surface area (Å²) in [5.41, 5.74) is 0.720. The van der Waals surface area contributed by atoms with Crippen molar-refractivity contribution in [1.29, 1.82) is 0 Å². The van der Waals surface area contributed by atoms with Crippen LogP contribution < -0.4 is 0 Å². The molecule has 1 N–H and O–H groups in total. The van der Waals surface area contributed by atoms with Crippen molar-refractivity contribution < 1.29 is 64.9 Å². The second kappa shape index (κ2) is 28.3. The fourth-order valence-corrected chi connectivity index (χ4v) is 6.87. The summed E-state index contributed by atoms with van der Waals surface area (Å²) in [7, 11) is 0. The third-order valence-electron chi connectivity index (χ3n) is 9.50.